The van der Waals surface area contributed by atoms with Gasteiger partial charge in [0.05, 0.1) is 11.6 Å². The van der Waals surface area contributed by atoms with Crippen LogP contribution in [0.5, 0.6) is 0 Å². The summed E-state index contributed by atoms with van der Waals surface area (Å²) >= 11 is 0. The summed E-state index contributed by atoms with van der Waals surface area (Å²) in [6.07, 6.45) is 1.34. The molecule has 2 N–H and O–H groups in total. The molecule has 0 saturated carbocycles. The summed E-state index contributed by atoms with van der Waals surface area (Å²) in [5, 5.41) is 0. The first-order chi connectivity index (χ1) is 7.06. The van der Waals surface area contributed by atoms with E-state index in [2.05, 4.69) is 32.6 Å². The Morgan fingerprint density at radius 3 is 2.53 bits per heavy atom. The molecule has 2 unspecified atom stereocenters. The molecule has 0 radical (unpaired) electrons. The van der Waals surface area contributed by atoms with Gasteiger partial charge in [-0.1, -0.05) is 20.8 Å². The highest BCUT2D eigenvalue weighted by Crippen LogP contribution is 2.31. The standard InChI is InChI=1S/C12H26N2O/c1-5-14(8-10(2)3)12(9-13)6-7-15-11(12)4/h10-11H,5-9,13H2,1-4H3. The molecular formula is C12H26N2O. The second kappa shape index (κ2) is 5.28. The highest BCUT2D eigenvalue weighted by atomic mass is 16.5. The topological polar surface area (TPSA) is 38.5 Å². The zero-order valence-corrected chi connectivity index (χ0v) is 10.6. The second-order valence-corrected chi connectivity index (χ2v) is 5.00. The van der Waals surface area contributed by atoms with Gasteiger partial charge in [-0.15, -0.1) is 0 Å². The van der Waals surface area contributed by atoms with E-state index in [4.69, 9.17) is 10.5 Å². The van der Waals surface area contributed by atoms with Gasteiger partial charge in [0, 0.05) is 19.7 Å². The fraction of sp³-hybridized carbons (Fsp3) is 1.00. The summed E-state index contributed by atoms with van der Waals surface area (Å²) in [7, 11) is 0. The van der Waals surface area contributed by atoms with Gasteiger partial charge in [-0.3, -0.25) is 4.90 Å². The van der Waals surface area contributed by atoms with Crippen LogP contribution in [0.15, 0.2) is 0 Å². The third kappa shape index (κ3) is 2.52. The minimum Gasteiger partial charge on any atom is -0.376 e. The predicted molar refractivity (Wildman–Crippen MR) is 63.9 cm³/mol. The molecule has 1 aliphatic heterocycles. The summed E-state index contributed by atoms with van der Waals surface area (Å²) in [4.78, 5) is 2.51. The van der Waals surface area contributed by atoms with Crippen LogP contribution in [0.25, 0.3) is 0 Å². The quantitative estimate of drug-likeness (QED) is 0.753. The van der Waals surface area contributed by atoms with Crippen LogP contribution < -0.4 is 5.73 Å². The molecule has 0 aromatic rings. The third-order valence-electron chi connectivity index (χ3n) is 3.61. The van der Waals surface area contributed by atoms with Gasteiger partial charge in [-0.05, 0) is 25.8 Å². The van der Waals surface area contributed by atoms with Crippen molar-refractivity contribution >= 4 is 0 Å². The van der Waals surface area contributed by atoms with Gasteiger partial charge in [0.2, 0.25) is 0 Å². The van der Waals surface area contributed by atoms with Crippen LogP contribution in [-0.4, -0.2) is 42.8 Å². The van der Waals surface area contributed by atoms with E-state index in [0.29, 0.717) is 12.5 Å². The van der Waals surface area contributed by atoms with Crippen molar-refractivity contribution < 1.29 is 4.74 Å². The zero-order chi connectivity index (χ0) is 11.5. The first kappa shape index (κ1) is 12.9. The van der Waals surface area contributed by atoms with E-state index in [1.807, 2.05) is 0 Å². The maximum Gasteiger partial charge on any atom is 0.0743 e. The van der Waals surface area contributed by atoms with Crippen LogP contribution in [0.2, 0.25) is 0 Å². The monoisotopic (exact) mass is 214 g/mol. The van der Waals surface area contributed by atoms with Gasteiger partial charge < -0.3 is 10.5 Å². The molecule has 3 heteroatoms. The summed E-state index contributed by atoms with van der Waals surface area (Å²) in [6.45, 7) is 12.6. The zero-order valence-electron chi connectivity index (χ0n) is 10.6. The van der Waals surface area contributed by atoms with Crippen molar-refractivity contribution in [1.29, 1.82) is 0 Å². The molecule has 0 aromatic heterocycles. The van der Waals surface area contributed by atoms with E-state index in [0.717, 1.165) is 26.1 Å². The molecule has 0 aliphatic carbocycles. The average Bonchev–Trinajstić information content (AvgIpc) is 2.57. The Balaban J connectivity index is 2.77. The van der Waals surface area contributed by atoms with Crippen molar-refractivity contribution in [2.24, 2.45) is 11.7 Å². The van der Waals surface area contributed by atoms with E-state index in [9.17, 15) is 0 Å². The van der Waals surface area contributed by atoms with E-state index in [1.54, 1.807) is 0 Å². The Morgan fingerprint density at radius 1 is 1.53 bits per heavy atom. The molecule has 1 fully saturated rings. The van der Waals surface area contributed by atoms with Gasteiger partial charge in [0.1, 0.15) is 0 Å². The summed E-state index contributed by atoms with van der Waals surface area (Å²) in [5.41, 5.74) is 6.07. The molecule has 15 heavy (non-hydrogen) atoms. The van der Waals surface area contributed by atoms with Gasteiger partial charge in [0.25, 0.3) is 0 Å². The molecule has 1 saturated heterocycles. The van der Waals surface area contributed by atoms with E-state index in [-0.39, 0.29) is 11.6 Å². The number of nitrogens with two attached hydrogens (primary N) is 1. The molecule has 1 heterocycles. The average molecular weight is 214 g/mol. The summed E-state index contributed by atoms with van der Waals surface area (Å²) in [6, 6.07) is 0. The molecule has 3 nitrogen and oxygen atoms in total. The minimum absolute atomic E-state index is 0.0824. The van der Waals surface area contributed by atoms with Crippen LogP contribution in [0.3, 0.4) is 0 Å². The lowest BCUT2D eigenvalue weighted by Crippen LogP contribution is -2.58. The normalized spacial score (nSPS) is 31.8. The Bertz CT molecular complexity index is 196. The number of hydrogen-bond donors (Lipinski definition) is 1. The molecule has 0 spiro atoms. The van der Waals surface area contributed by atoms with Crippen LogP contribution in [0, 0.1) is 5.92 Å². The number of hydrogen-bond acceptors (Lipinski definition) is 3. The molecule has 0 aromatic carbocycles. The SMILES string of the molecule is CCN(CC(C)C)C1(CN)CCOC1C. The lowest BCUT2D eigenvalue weighted by Gasteiger charge is -2.43. The fourth-order valence-electron chi connectivity index (χ4n) is 2.65. The number of rotatable bonds is 5. The van der Waals surface area contributed by atoms with Gasteiger partial charge in [-0.2, -0.15) is 0 Å². The summed E-state index contributed by atoms with van der Waals surface area (Å²) in [5.74, 6) is 0.682. The van der Waals surface area contributed by atoms with Gasteiger partial charge >= 0.3 is 0 Å². The first-order valence-corrected chi connectivity index (χ1v) is 6.13. The molecule has 2 atom stereocenters. The highest BCUT2D eigenvalue weighted by Gasteiger charge is 2.44. The van der Waals surface area contributed by atoms with E-state index >= 15 is 0 Å². The largest absolute Gasteiger partial charge is 0.376 e. The maximum atomic E-state index is 5.99. The van der Waals surface area contributed by atoms with Crippen molar-refractivity contribution in [2.75, 3.05) is 26.2 Å². The van der Waals surface area contributed by atoms with Crippen molar-refractivity contribution in [1.82, 2.24) is 4.90 Å². The Labute approximate surface area is 94.0 Å². The van der Waals surface area contributed by atoms with Crippen LogP contribution in [0.4, 0.5) is 0 Å². The van der Waals surface area contributed by atoms with Crippen LogP contribution in [-0.2, 0) is 4.74 Å². The Hall–Kier alpha value is -0.120. The van der Waals surface area contributed by atoms with Crippen molar-refractivity contribution in [3.63, 3.8) is 0 Å². The third-order valence-corrected chi connectivity index (χ3v) is 3.61. The highest BCUT2D eigenvalue weighted by molar-refractivity contribution is 5.00. The molecule has 1 rings (SSSR count). The maximum absolute atomic E-state index is 5.99. The number of nitrogens with zero attached hydrogens (tertiary/aromatic N) is 1. The van der Waals surface area contributed by atoms with E-state index in [1.165, 1.54) is 0 Å². The van der Waals surface area contributed by atoms with Crippen molar-refractivity contribution in [3.05, 3.63) is 0 Å². The predicted octanol–water partition coefficient (Wildman–Crippen LogP) is 1.47. The van der Waals surface area contributed by atoms with Crippen LogP contribution >= 0.6 is 0 Å². The van der Waals surface area contributed by atoms with Crippen molar-refractivity contribution in [2.45, 2.75) is 45.8 Å². The lowest BCUT2D eigenvalue weighted by atomic mass is 9.89. The number of likely N-dealkylation sites (N-methyl/N-ethyl adjacent to an activating group) is 1. The van der Waals surface area contributed by atoms with E-state index < -0.39 is 0 Å². The molecular weight excluding hydrogens is 188 g/mol. The summed E-state index contributed by atoms with van der Waals surface area (Å²) < 4.78 is 5.70. The Morgan fingerprint density at radius 2 is 2.20 bits per heavy atom. The second-order valence-electron chi connectivity index (χ2n) is 5.00. The molecule has 0 amide bonds. The first-order valence-electron chi connectivity index (χ1n) is 6.13. The van der Waals surface area contributed by atoms with Crippen LogP contribution in [0.1, 0.15) is 34.1 Å². The van der Waals surface area contributed by atoms with Gasteiger partial charge in [-0.25, -0.2) is 0 Å². The number of ether oxygens (including phenoxy) is 1. The lowest BCUT2D eigenvalue weighted by molar-refractivity contribution is 0.0113. The molecule has 0 bridgehead atoms. The molecule has 1 aliphatic rings. The molecule has 90 valence electrons. The van der Waals surface area contributed by atoms with Gasteiger partial charge in [0.15, 0.2) is 0 Å². The minimum atomic E-state index is 0.0824. The smallest absolute Gasteiger partial charge is 0.0743 e. The van der Waals surface area contributed by atoms with Crippen molar-refractivity contribution in [3.8, 4) is 0 Å². The Kier molecular flexibility index (Phi) is 4.56. The fourth-order valence-corrected chi connectivity index (χ4v) is 2.65.